The van der Waals surface area contributed by atoms with Crippen molar-refractivity contribution in [3.05, 3.63) is 59.7 Å². The molecule has 6 nitrogen and oxygen atoms in total. The average molecular weight is 367 g/mol. The molecule has 0 radical (unpaired) electrons. The molecule has 1 heterocycles. The van der Waals surface area contributed by atoms with Crippen LogP contribution in [0.4, 0.5) is 10.5 Å². The van der Waals surface area contributed by atoms with Crippen LogP contribution in [0.15, 0.2) is 48.5 Å². The van der Waals surface area contributed by atoms with Crippen molar-refractivity contribution in [2.45, 2.75) is 26.3 Å². The highest BCUT2D eigenvalue weighted by molar-refractivity contribution is 5.95. The standard InChI is InChI=1S/C21H25N3O3/c1-16-4-2-5-19(14-16)27-13-11-22-21(26)23-15-17-7-9-18(10-8-17)24-12-3-6-20(24)25/h2,4-5,7-10,14H,3,6,11-13,15H2,1H3,(H2,22,23,26). The Morgan fingerprint density at radius 3 is 2.67 bits per heavy atom. The van der Waals surface area contributed by atoms with E-state index in [1.165, 1.54) is 0 Å². The number of nitrogens with one attached hydrogen (secondary N) is 2. The summed E-state index contributed by atoms with van der Waals surface area (Å²) in [6.45, 7) is 4.06. The van der Waals surface area contributed by atoms with E-state index in [-0.39, 0.29) is 11.9 Å². The van der Waals surface area contributed by atoms with Crippen LogP contribution in [0.25, 0.3) is 0 Å². The van der Waals surface area contributed by atoms with Crippen molar-refractivity contribution in [2.75, 3.05) is 24.6 Å². The lowest BCUT2D eigenvalue weighted by Crippen LogP contribution is -2.37. The number of urea groups is 1. The van der Waals surface area contributed by atoms with Gasteiger partial charge in [0.2, 0.25) is 5.91 Å². The van der Waals surface area contributed by atoms with Gasteiger partial charge in [0.15, 0.2) is 0 Å². The lowest BCUT2D eigenvalue weighted by atomic mass is 10.2. The van der Waals surface area contributed by atoms with Crippen LogP contribution in [0, 0.1) is 6.92 Å². The van der Waals surface area contributed by atoms with Crippen molar-refractivity contribution in [1.82, 2.24) is 10.6 Å². The van der Waals surface area contributed by atoms with Crippen LogP contribution in [0.1, 0.15) is 24.0 Å². The third-order valence-electron chi connectivity index (χ3n) is 4.42. The molecule has 27 heavy (non-hydrogen) atoms. The van der Waals surface area contributed by atoms with E-state index in [0.717, 1.165) is 35.5 Å². The summed E-state index contributed by atoms with van der Waals surface area (Å²) in [5.41, 5.74) is 3.04. The van der Waals surface area contributed by atoms with Crippen LogP contribution in [0.5, 0.6) is 5.75 Å². The second-order valence-electron chi connectivity index (χ2n) is 6.59. The highest BCUT2D eigenvalue weighted by Crippen LogP contribution is 2.21. The molecule has 6 heteroatoms. The number of rotatable bonds is 7. The molecule has 0 atom stereocenters. The zero-order valence-corrected chi connectivity index (χ0v) is 15.5. The Morgan fingerprint density at radius 2 is 1.96 bits per heavy atom. The normalized spacial score (nSPS) is 13.5. The van der Waals surface area contributed by atoms with E-state index in [1.54, 1.807) is 4.90 Å². The molecule has 1 saturated heterocycles. The molecule has 2 N–H and O–H groups in total. The summed E-state index contributed by atoms with van der Waals surface area (Å²) in [6.07, 6.45) is 1.53. The van der Waals surface area contributed by atoms with E-state index in [1.807, 2.05) is 55.5 Å². The number of hydrogen-bond donors (Lipinski definition) is 2. The topological polar surface area (TPSA) is 70.7 Å². The Hall–Kier alpha value is -3.02. The Bertz CT molecular complexity index is 790. The van der Waals surface area contributed by atoms with Crippen LogP contribution in [-0.2, 0) is 11.3 Å². The van der Waals surface area contributed by atoms with Gasteiger partial charge in [0.25, 0.3) is 0 Å². The van der Waals surface area contributed by atoms with Gasteiger partial charge >= 0.3 is 6.03 Å². The second kappa shape index (κ2) is 9.07. The van der Waals surface area contributed by atoms with Gasteiger partial charge in [-0.2, -0.15) is 0 Å². The number of anilines is 1. The first-order valence-electron chi connectivity index (χ1n) is 9.22. The van der Waals surface area contributed by atoms with Gasteiger partial charge < -0.3 is 20.3 Å². The van der Waals surface area contributed by atoms with Crippen LogP contribution in [-0.4, -0.2) is 31.6 Å². The van der Waals surface area contributed by atoms with Crippen molar-refractivity contribution in [2.24, 2.45) is 0 Å². The molecule has 1 fully saturated rings. The van der Waals surface area contributed by atoms with Crippen molar-refractivity contribution < 1.29 is 14.3 Å². The Kier molecular flexibility index (Phi) is 6.30. The highest BCUT2D eigenvalue weighted by Gasteiger charge is 2.21. The van der Waals surface area contributed by atoms with Crippen molar-refractivity contribution in [3.8, 4) is 5.75 Å². The predicted molar refractivity (Wildman–Crippen MR) is 105 cm³/mol. The monoisotopic (exact) mass is 367 g/mol. The second-order valence-corrected chi connectivity index (χ2v) is 6.59. The molecule has 3 amide bonds. The van der Waals surface area contributed by atoms with E-state index < -0.39 is 0 Å². The number of ether oxygens (including phenoxy) is 1. The smallest absolute Gasteiger partial charge is 0.315 e. The quantitative estimate of drug-likeness (QED) is 0.739. The van der Waals surface area contributed by atoms with Gasteiger partial charge in [-0.25, -0.2) is 4.79 Å². The zero-order valence-electron chi connectivity index (χ0n) is 15.5. The minimum absolute atomic E-state index is 0.174. The first-order chi connectivity index (χ1) is 13.1. The van der Waals surface area contributed by atoms with Crippen molar-refractivity contribution in [1.29, 1.82) is 0 Å². The van der Waals surface area contributed by atoms with Gasteiger partial charge in [0, 0.05) is 25.2 Å². The van der Waals surface area contributed by atoms with Gasteiger partial charge in [0.05, 0.1) is 6.54 Å². The fourth-order valence-corrected chi connectivity index (χ4v) is 3.00. The number of hydrogen-bond acceptors (Lipinski definition) is 3. The molecule has 3 rings (SSSR count). The number of benzene rings is 2. The van der Waals surface area contributed by atoms with Crippen LogP contribution in [0.3, 0.4) is 0 Å². The fraction of sp³-hybridized carbons (Fsp3) is 0.333. The first kappa shape index (κ1) is 18.8. The largest absolute Gasteiger partial charge is 0.492 e. The molecule has 0 spiro atoms. The highest BCUT2D eigenvalue weighted by atomic mass is 16.5. The van der Waals surface area contributed by atoms with Gasteiger partial charge in [-0.1, -0.05) is 24.3 Å². The molecule has 0 bridgehead atoms. The van der Waals surface area contributed by atoms with E-state index >= 15 is 0 Å². The SMILES string of the molecule is Cc1cccc(OCCNC(=O)NCc2ccc(N3CCCC3=O)cc2)c1. The van der Waals surface area contributed by atoms with E-state index in [2.05, 4.69) is 10.6 Å². The summed E-state index contributed by atoms with van der Waals surface area (Å²) < 4.78 is 5.60. The average Bonchev–Trinajstić information content (AvgIpc) is 3.10. The van der Waals surface area contributed by atoms with E-state index in [9.17, 15) is 9.59 Å². The summed E-state index contributed by atoms with van der Waals surface area (Å²) in [4.78, 5) is 25.4. The summed E-state index contributed by atoms with van der Waals surface area (Å²) in [6, 6.07) is 15.3. The summed E-state index contributed by atoms with van der Waals surface area (Å²) in [5.74, 6) is 0.974. The molecule has 0 saturated carbocycles. The Balaban J connectivity index is 1.35. The molecular weight excluding hydrogens is 342 g/mol. The Morgan fingerprint density at radius 1 is 1.15 bits per heavy atom. The minimum Gasteiger partial charge on any atom is -0.492 e. The van der Waals surface area contributed by atoms with Crippen molar-refractivity contribution in [3.63, 3.8) is 0 Å². The number of amides is 3. The van der Waals surface area contributed by atoms with E-state index in [0.29, 0.717) is 26.1 Å². The molecule has 142 valence electrons. The van der Waals surface area contributed by atoms with Crippen LogP contribution >= 0.6 is 0 Å². The third-order valence-corrected chi connectivity index (χ3v) is 4.42. The molecule has 0 aromatic heterocycles. The molecule has 1 aliphatic rings. The maximum absolute atomic E-state index is 11.9. The van der Waals surface area contributed by atoms with Gasteiger partial charge in [-0.3, -0.25) is 4.79 Å². The third kappa shape index (κ3) is 5.48. The number of carbonyl (C=O) groups is 2. The maximum atomic E-state index is 11.9. The number of nitrogens with zero attached hydrogens (tertiary/aromatic N) is 1. The number of carbonyl (C=O) groups excluding carboxylic acids is 2. The molecule has 1 aliphatic heterocycles. The molecule has 0 aliphatic carbocycles. The first-order valence-corrected chi connectivity index (χ1v) is 9.22. The van der Waals surface area contributed by atoms with Crippen molar-refractivity contribution >= 4 is 17.6 Å². The lowest BCUT2D eigenvalue weighted by Gasteiger charge is -2.16. The molecule has 2 aromatic carbocycles. The van der Waals surface area contributed by atoms with Gasteiger partial charge in [0.1, 0.15) is 12.4 Å². The van der Waals surface area contributed by atoms with Crippen LogP contribution < -0.4 is 20.3 Å². The van der Waals surface area contributed by atoms with Crippen LogP contribution in [0.2, 0.25) is 0 Å². The number of aryl methyl sites for hydroxylation is 1. The lowest BCUT2D eigenvalue weighted by molar-refractivity contribution is -0.117. The zero-order chi connectivity index (χ0) is 19.1. The summed E-state index contributed by atoms with van der Waals surface area (Å²) in [5, 5.41) is 5.59. The van der Waals surface area contributed by atoms with E-state index in [4.69, 9.17) is 4.74 Å². The summed E-state index contributed by atoms with van der Waals surface area (Å²) in [7, 11) is 0. The molecule has 2 aromatic rings. The summed E-state index contributed by atoms with van der Waals surface area (Å²) >= 11 is 0. The minimum atomic E-state index is -0.235. The van der Waals surface area contributed by atoms with Gasteiger partial charge in [-0.05, 0) is 48.7 Å². The maximum Gasteiger partial charge on any atom is 0.315 e. The fourth-order valence-electron chi connectivity index (χ4n) is 3.00. The Labute approximate surface area is 159 Å². The van der Waals surface area contributed by atoms with Gasteiger partial charge in [-0.15, -0.1) is 0 Å². The predicted octanol–water partition coefficient (Wildman–Crippen LogP) is 3.00. The molecule has 0 unspecified atom stereocenters. The molecular formula is C21H25N3O3.